The van der Waals surface area contributed by atoms with Gasteiger partial charge in [0.15, 0.2) is 0 Å². The van der Waals surface area contributed by atoms with Gasteiger partial charge in [0, 0.05) is 0 Å². The summed E-state index contributed by atoms with van der Waals surface area (Å²) in [6, 6.07) is 0. The Balaban J connectivity index is 2.43. The Kier molecular flexibility index (Phi) is 2.48. The van der Waals surface area contributed by atoms with E-state index in [9.17, 15) is 0 Å². The number of thiophene rings is 1. The average Bonchev–Trinajstić information content (AvgIpc) is 2.45. The third-order valence-corrected chi connectivity index (χ3v) is 12.4. The molecule has 0 aromatic carbocycles. The van der Waals surface area contributed by atoms with E-state index >= 15 is 0 Å². The molecule has 0 saturated heterocycles. The molecule has 0 radical (unpaired) electrons. The van der Waals surface area contributed by atoms with Crippen LogP contribution >= 0.6 is 11.3 Å². The van der Waals surface area contributed by atoms with Crippen molar-refractivity contribution in [2.24, 2.45) is 0 Å². The van der Waals surface area contributed by atoms with Gasteiger partial charge in [-0.1, -0.05) is 0 Å². The van der Waals surface area contributed by atoms with Crippen LogP contribution in [0.25, 0.3) is 0 Å². The fourth-order valence-electron chi connectivity index (χ4n) is 1.38. The molecule has 0 atom stereocenters. The zero-order valence-corrected chi connectivity index (χ0v) is 11.9. The van der Waals surface area contributed by atoms with Crippen LogP contribution in [0, 0.1) is 0 Å². The second-order valence-electron chi connectivity index (χ2n) is 4.21. The summed E-state index contributed by atoms with van der Waals surface area (Å²) in [5.41, 5.74) is 0. The molecular weight excluding hydrogens is 291 g/mol. The van der Waals surface area contributed by atoms with Crippen molar-refractivity contribution < 1.29 is 9.47 Å². The van der Waals surface area contributed by atoms with Crippen molar-refractivity contribution in [2.75, 3.05) is 13.2 Å². The van der Waals surface area contributed by atoms with E-state index in [-0.39, 0.29) is 0 Å². The normalized spacial score (nSPS) is 15.9. The fourth-order valence-corrected chi connectivity index (χ4v) is 8.43. The second kappa shape index (κ2) is 3.35. The topological polar surface area (TPSA) is 18.5 Å². The molecule has 72 valence electrons. The van der Waals surface area contributed by atoms with Crippen molar-refractivity contribution in [1.29, 1.82) is 0 Å². The van der Waals surface area contributed by atoms with Crippen LogP contribution in [0.2, 0.25) is 14.8 Å². The van der Waals surface area contributed by atoms with E-state index in [1.54, 1.807) is 0 Å². The molecule has 4 heteroatoms. The van der Waals surface area contributed by atoms with Crippen LogP contribution < -0.4 is 12.4 Å². The van der Waals surface area contributed by atoms with Gasteiger partial charge in [-0.05, 0) is 0 Å². The van der Waals surface area contributed by atoms with Crippen LogP contribution in [-0.4, -0.2) is 31.6 Å². The van der Waals surface area contributed by atoms with Crippen LogP contribution in [0.5, 0.6) is 11.5 Å². The van der Waals surface area contributed by atoms with Crippen molar-refractivity contribution in [3.05, 3.63) is 5.38 Å². The Hall–Kier alpha value is 0.0987. The molecule has 2 heterocycles. The molecule has 13 heavy (non-hydrogen) atoms. The van der Waals surface area contributed by atoms with Crippen molar-refractivity contribution >= 4 is 32.6 Å². The van der Waals surface area contributed by atoms with E-state index in [0.29, 0.717) is 13.2 Å². The summed E-state index contributed by atoms with van der Waals surface area (Å²) >= 11 is -0.147. The quantitative estimate of drug-likeness (QED) is 0.740. The first-order valence-electron chi connectivity index (χ1n) is 4.46. The predicted octanol–water partition coefficient (Wildman–Crippen LogP) is 2.06. The van der Waals surface area contributed by atoms with Gasteiger partial charge in [0.1, 0.15) is 0 Å². The van der Waals surface area contributed by atoms with E-state index in [0.717, 1.165) is 11.5 Å². The molecule has 1 aromatic rings. The van der Waals surface area contributed by atoms with Crippen molar-refractivity contribution in [1.82, 2.24) is 0 Å². The summed E-state index contributed by atoms with van der Waals surface area (Å²) in [6.07, 6.45) is 0. The number of fused-ring (bicyclic) bond motifs is 1. The van der Waals surface area contributed by atoms with Gasteiger partial charge in [-0.3, -0.25) is 0 Å². The molecule has 0 aliphatic carbocycles. The van der Waals surface area contributed by atoms with E-state index < -0.39 is 18.4 Å². The molecule has 0 unspecified atom stereocenters. The predicted molar refractivity (Wildman–Crippen MR) is 58.3 cm³/mol. The first-order chi connectivity index (χ1) is 6.09. The standard InChI is InChI=1S/C6H5O2S.3CH3.Sn/c1-2-8-6-4-9-3-5(6)7-1;;;;/h3H,1-2H2;3*1H3;. The van der Waals surface area contributed by atoms with Crippen molar-refractivity contribution in [3.63, 3.8) is 0 Å². The first-order valence-corrected chi connectivity index (χ1v) is 15.3. The minimum absolute atomic E-state index is 0.697. The van der Waals surface area contributed by atoms with Gasteiger partial charge in [-0.25, -0.2) is 0 Å². The summed E-state index contributed by atoms with van der Waals surface area (Å²) in [6.45, 7) is 1.40. The van der Waals surface area contributed by atoms with E-state index in [1.807, 2.05) is 11.3 Å². The summed E-state index contributed by atoms with van der Waals surface area (Å²) in [4.78, 5) is 7.20. The van der Waals surface area contributed by atoms with Gasteiger partial charge in [0.05, 0.1) is 0 Å². The van der Waals surface area contributed by atoms with Crippen molar-refractivity contribution in [2.45, 2.75) is 14.8 Å². The molecule has 0 N–H and O–H groups in total. The zero-order chi connectivity index (χ0) is 9.47. The molecule has 0 bridgehead atoms. The van der Waals surface area contributed by atoms with Crippen LogP contribution in [-0.2, 0) is 0 Å². The molecular formula is C9H14O2SSn. The van der Waals surface area contributed by atoms with Gasteiger partial charge in [0.2, 0.25) is 0 Å². The van der Waals surface area contributed by atoms with Crippen LogP contribution in [0.1, 0.15) is 0 Å². The third-order valence-electron chi connectivity index (χ3n) is 1.98. The Bertz CT molecular complexity index is 314. The molecule has 0 amide bonds. The SMILES string of the molecule is [CH3][Sn]([CH3])([CH3])[c]1scc2c1OCCO2. The molecule has 1 aromatic heterocycles. The van der Waals surface area contributed by atoms with E-state index in [4.69, 9.17) is 9.47 Å². The molecule has 2 nitrogen and oxygen atoms in total. The maximum atomic E-state index is 5.66. The second-order valence-corrected chi connectivity index (χ2v) is 20.4. The number of hydrogen-bond acceptors (Lipinski definition) is 3. The molecule has 1 aliphatic heterocycles. The van der Waals surface area contributed by atoms with Gasteiger partial charge < -0.3 is 0 Å². The molecule has 0 saturated carbocycles. The van der Waals surface area contributed by atoms with Gasteiger partial charge >= 0.3 is 87.0 Å². The molecule has 0 spiro atoms. The Morgan fingerprint density at radius 1 is 1.23 bits per heavy atom. The maximum absolute atomic E-state index is 5.66. The molecule has 2 rings (SSSR count). The molecule has 1 aliphatic rings. The van der Waals surface area contributed by atoms with Crippen LogP contribution in [0.4, 0.5) is 0 Å². The molecule has 0 fully saturated rings. The Labute approximate surface area is 86.7 Å². The number of hydrogen-bond donors (Lipinski definition) is 0. The zero-order valence-electron chi connectivity index (χ0n) is 8.22. The Morgan fingerprint density at radius 3 is 2.62 bits per heavy atom. The summed E-state index contributed by atoms with van der Waals surface area (Å²) in [7, 11) is 0. The van der Waals surface area contributed by atoms with Gasteiger partial charge in [0.25, 0.3) is 0 Å². The number of rotatable bonds is 1. The van der Waals surface area contributed by atoms with E-state index in [2.05, 4.69) is 20.2 Å². The van der Waals surface area contributed by atoms with Crippen molar-refractivity contribution in [3.8, 4) is 11.5 Å². The first kappa shape index (κ1) is 9.65. The van der Waals surface area contributed by atoms with E-state index in [1.165, 1.54) is 2.89 Å². The summed E-state index contributed by atoms with van der Waals surface area (Å²) < 4.78 is 12.7. The van der Waals surface area contributed by atoms with Gasteiger partial charge in [-0.2, -0.15) is 0 Å². The number of ether oxygens (including phenoxy) is 2. The monoisotopic (exact) mass is 306 g/mol. The minimum atomic E-state index is -1.96. The fraction of sp³-hybridized carbons (Fsp3) is 0.556. The third kappa shape index (κ3) is 1.81. The van der Waals surface area contributed by atoms with Crippen LogP contribution in [0.15, 0.2) is 5.38 Å². The van der Waals surface area contributed by atoms with Crippen LogP contribution in [0.3, 0.4) is 0 Å². The van der Waals surface area contributed by atoms with Gasteiger partial charge in [-0.15, -0.1) is 0 Å². The average molecular weight is 305 g/mol. The summed E-state index contributed by atoms with van der Waals surface area (Å²) in [5.74, 6) is 2.03. The summed E-state index contributed by atoms with van der Waals surface area (Å²) in [5, 5.41) is 2.09. The Morgan fingerprint density at radius 2 is 1.92 bits per heavy atom.